The quantitative estimate of drug-likeness (QED) is 0.878. The lowest BCUT2D eigenvalue weighted by Crippen LogP contribution is -2.49. The predicted octanol–water partition coefficient (Wildman–Crippen LogP) is 2.15. The van der Waals surface area contributed by atoms with Gasteiger partial charge < -0.3 is 15.0 Å². The van der Waals surface area contributed by atoms with Crippen molar-refractivity contribution in [2.45, 2.75) is 25.4 Å². The number of amides is 2. The van der Waals surface area contributed by atoms with Gasteiger partial charge in [-0.15, -0.1) is 0 Å². The van der Waals surface area contributed by atoms with E-state index in [1.165, 1.54) is 0 Å². The zero-order valence-electron chi connectivity index (χ0n) is 13.9. The van der Waals surface area contributed by atoms with E-state index in [4.69, 9.17) is 4.74 Å². The van der Waals surface area contributed by atoms with Gasteiger partial charge in [-0.1, -0.05) is 18.2 Å². The summed E-state index contributed by atoms with van der Waals surface area (Å²) in [7, 11) is 1.56. The van der Waals surface area contributed by atoms with E-state index in [1.54, 1.807) is 7.11 Å². The number of hydrogen-bond acceptors (Lipinski definition) is 3. The number of carbonyl (C=O) groups is 2. The summed E-state index contributed by atoms with van der Waals surface area (Å²) in [6, 6.07) is 7.41. The molecule has 1 N–H and O–H groups in total. The minimum absolute atomic E-state index is 0.0311. The van der Waals surface area contributed by atoms with Crippen LogP contribution in [0.1, 0.15) is 18.4 Å². The highest BCUT2D eigenvalue weighted by molar-refractivity contribution is 5.84. The molecule has 1 fully saturated rings. The lowest BCUT2D eigenvalue weighted by Gasteiger charge is -2.32. The summed E-state index contributed by atoms with van der Waals surface area (Å²) in [5.74, 6) is -2.09. The number of rotatable bonds is 5. The van der Waals surface area contributed by atoms with Gasteiger partial charge in [0, 0.05) is 19.6 Å². The summed E-state index contributed by atoms with van der Waals surface area (Å²) < 4.78 is 42.8. The van der Waals surface area contributed by atoms with E-state index < -0.39 is 18.0 Å². The van der Waals surface area contributed by atoms with Crippen LogP contribution >= 0.6 is 0 Å². The van der Waals surface area contributed by atoms with Crippen molar-refractivity contribution >= 4 is 11.8 Å². The van der Waals surface area contributed by atoms with E-state index in [9.17, 15) is 22.8 Å². The van der Waals surface area contributed by atoms with Gasteiger partial charge in [0.15, 0.2) is 0 Å². The van der Waals surface area contributed by atoms with Crippen LogP contribution in [-0.2, 0) is 16.0 Å². The maximum atomic E-state index is 12.5. The van der Waals surface area contributed by atoms with Crippen LogP contribution in [0, 0.1) is 5.92 Å². The number of ether oxygens (including phenoxy) is 1. The number of nitrogens with one attached hydrogen (secondary N) is 1. The molecule has 0 spiro atoms. The molecular formula is C17H21F3N2O3. The first-order chi connectivity index (χ1) is 11.8. The summed E-state index contributed by atoms with van der Waals surface area (Å²) in [5.41, 5.74) is 0.933. The first-order valence-corrected chi connectivity index (χ1v) is 8.08. The van der Waals surface area contributed by atoms with Crippen LogP contribution in [-0.4, -0.2) is 49.6 Å². The molecule has 1 atom stereocenters. The molecule has 0 saturated carbocycles. The molecule has 5 nitrogen and oxygen atoms in total. The van der Waals surface area contributed by atoms with Gasteiger partial charge in [-0.3, -0.25) is 9.59 Å². The van der Waals surface area contributed by atoms with Crippen LogP contribution in [0.15, 0.2) is 24.3 Å². The molecule has 138 valence electrons. The Bertz CT molecular complexity index is 619. The highest BCUT2D eigenvalue weighted by Crippen LogP contribution is 2.24. The van der Waals surface area contributed by atoms with Crippen molar-refractivity contribution in [3.05, 3.63) is 29.8 Å². The molecule has 1 aliphatic heterocycles. The highest BCUT2D eigenvalue weighted by atomic mass is 19.4. The molecule has 1 heterocycles. The predicted molar refractivity (Wildman–Crippen MR) is 85.1 cm³/mol. The van der Waals surface area contributed by atoms with Crippen LogP contribution in [0.4, 0.5) is 13.2 Å². The van der Waals surface area contributed by atoms with E-state index in [0.717, 1.165) is 11.3 Å². The zero-order chi connectivity index (χ0) is 18.4. The molecule has 1 unspecified atom stereocenters. The van der Waals surface area contributed by atoms with Gasteiger partial charge in [0.05, 0.1) is 13.0 Å². The van der Waals surface area contributed by atoms with Gasteiger partial charge in [0.25, 0.3) is 0 Å². The third kappa shape index (κ3) is 5.11. The van der Waals surface area contributed by atoms with E-state index in [2.05, 4.69) is 5.32 Å². The first kappa shape index (κ1) is 19.1. The Labute approximate surface area is 144 Å². The molecule has 8 heteroatoms. The van der Waals surface area contributed by atoms with Crippen LogP contribution in [0.5, 0.6) is 5.75 Å². The second kappa shape index (κ2) is 8.22. The Balaban J connectivity index is 1.85. The Kier molecular flexibility index (Phi) is 6.27. The number of methoxy groups -OCH3 is 1. The number of piperidine rings is 1. The van der Waals surface area contributed by atoms with Crippen molar-refractivity contribution in [3.8, 4) is 5.75 Å². The van der Waals surface area contributed by atoms with Crippen molar-refractivity contribution in [1.82, 2.24) is 10.2 Å². The average Bonchev–Trinajstić information content (AvgIpc) is 2.60. The summed E-state index contributed by atoms with van der Waals surface area (Å²) in [6.45, 7) is 0.186. The molecule has 2 amide bonds. The fourth-order valence-electron chi connectivity index (χ4n) is 2.93. The maximum Gasteiger partial charge on any atom is 0.471 e. The Morgan fingerprint density at radius 3 is 2.72 bits per heavy atom. The number of halogens is 3. The summed E-state index contributed by atoms with van der Waals surface area (Å²) in [6.07, 6.45) is -3.50. The van der Waals surface area contributed by atoms with Gasteiger partial charge in [-0.05, 0) is 30.9 Å². The number of likely N-dealkylation sites (tertiary alicyclic amines) is 1. The summed E-state index contributed by atoms with van der Waals surface area (Å²) >= 11 is 0. The van der Waals surface area contributed by atoms with E-state index in [1.807, 2.05) is 24.3 Å². The Morgan fingerprint density at radius 2 is 2.04 bits per heavy atom. The number of benzene rings is 1. The van der Waals surface area contributed by atoms with Crippen LogP contribution in [0.3, 0.4) is 0 Å². The van der Waals surface area contributed by atoms with Crippen molar-refractivity contribution in [2.24, 2.45) is 5.92 Å². The number of alkyl halides is 3. The minimum atomic E-state index is -4.90. The second-order valence-electron chi connectivity index (χ2n) is 5.94. The molecule has 1 aromatic carbocycles. The normalized spacial score (nSPS) is 17.9. The largest absolute Gasteiger partial charge is 0.496 e. The fraction of sp³-hybridized carbons (Fsp3) is 0.529. The fourth-order valence-corrected chi connectivity index (χ4v) is 2.93. The molecule has 25 heavy (non-hydrogen) atoms. The molecule has 0 bridgehead atoms. The smallest absolute Gasteiger partial charge is 0.471 e. The van der Waals surface area contributed by atoms with Crippen LogP contribution < -0.4 is 10.1 Å². The third-order valence-corrected chi connectivity index (χ3v) is 4.21. The molecule has 0 aromatic heterocycles. The standard InChI is InChI=1S/C17H21F3N2O3/c1-25-14-7-3-2-5-12(14)8-9-21-15(23)13-6-4-10-22(11-13)16(24)17(18,19)20/h2-3,5,7,13H,4,6,8-11H2,1H3,(H,21,23). The lowest BCUT2D eigenvalue weighted by atomic mass is 9.97. The van der Waals surface area contributed by atoms with E-state index >= 15 is 0 Å². The number of carbonyl (C=O) groups excluding carboxylic acids is 2. The third-order valence-electron chi connectivity index (χ3n) is 4.21. The maximum absolute atomic E-state index is 12.5. The zero-order valence-corrected chi connectivity index (χ0v) is 13.9. The molecule has 1 aromatic rings. The Hall–Kier alpha value is -2.25. The molecule has 2 rings (SSSR count). The van der Waals surface area contributed by atoms with Crippen molar-refractivity contribution in [2.75, 3.05) is 26.7 Å². The monoisotopic (exact) mass is 358 g/mol. The number of para-hydroxylation sites is 1. The van der Waals surface area contributed by atoms with Gasteiger partial charge in [0.2, 0.25) is 5.91 Å². The van der Waals surface area contributed by atoms with Gasteiger partial charge in [-0.2, -0.15) is 13.2 Å². The first-order valence-electron chi connectivity index (χ1n) is 8.08. The highest BCUT2D eigenvalue weighted by Gasteiger charge is 2.44. The van der Waals surface area contributed by atoms with Crippen LogP contribution in [0.2, 0.25) is 0 Å². The van der Waals surface area contributed by atoms with Crippen molar-refractivity contribution < 1.29 is 27.5 Å². The summed E-state index contributed by atoms with van der Waals surface area (Å²) in [5, 5.41) is 2.74. The van der Waals surface area contributed by atoms with Gasteiger partial charge in [-0.25, -0.2) is 0 Å². The molecular weight excluding hydrogens is 337 g/mol. The molecule has 1 saturated heterocycles. The second-order valence-corrected chi connectivity index (χ2v) is 5.94. The van der Waals surface area contributed by atoms with Crippen molar-refractivity contribution in [1.29, 1.82) is 0 Å². The topological polar surface area (TPSA) is 58.6 Å². The van der Waals surface area contributed by atoms with Gasteiger partial charge >= 0.3 is 12.1 Å². The van der Waals surface area contributed by atoms with E-state index in [0.29, 0.717) is 30.7 Å². The van der Waals surface area contributed by atoms with E-state index in [-0.39, 0.29) is 19.0 Å². The SMILES string of the molecule is COc1ccccc1CCNC(=O)C1CCCN(C(=O)C(F)(F)F)C1. The van der Waals surface area contributed by atoms with Crippen molar-refractivity contribution in [3.63, 3.8) is 0 Å². The molecule has 0 radical (unpaired) electrons. The number of hydrogen-bond donors (Lipinski definition) is 1. The number of nitrogens with zero attached hydrogens (tertiary/aromatic N) is 1. The molecule has 1 aliphatic rings. The Morgan fingerprint density at radius 1 is 1.32 bits per heavy atom. The molecule has 0 aliphatic carbocycles. The van der Waals surface area contributed by atoms with Gasteiger partial charge in [0.1, 0.15) is 5.75 Å². The average molecular weight is 358 g/mol. The summed E-state index contributed by atoms with van der Waals surface area (Å²) in [4.78, 5) is 24.2. The lowest BCUT2D eigenvalue weighted by molar-refractivity contribution is -0.187. The van der Waals surface area contributed by atoms with Crippen LogP contribution in [0.25, 0.3) is 0 Å². The minimum Gasteiger partial charge on any atom is -0.496 e.